The van der Waals surface area contributed by atoms with Crippen molar-refractivity contribution < 1.29 is 9.18 Å². The van der Waals surface area contributed by atoms with Crippen LogP contribution in [0.15, 0.2) is 24.3 Å². The summed E-state index contributed by atoms with van der Waals surface area (Å²) in [5.41, 5.74) is 0.727. The molecule has 6 nitrogen and oxygen atoms in total. The Labute approximate surface area is 139 Å². The van der Waals surface area contributed by atoms with Crippen molar-refractivity contribution in [2.75, 3.05) is 19.6 Å². The van der Waals surface area contributed by atoms with E-state index in [9.17, 15) is 9.18 Å². The number of benzene rings is 1. The lowest BCUT2D eigenvalue weighted by Gasteiger charge is -2.46. The molecule has 0 radical (unpaired) electrons. The van der Waals surface area contributed by atoms with Crippen molar-refractivity contribution in [1.29, 1.82) is 0 Å². The lowest BCUT2D eigenvalue weighted by atomic mass is 10.0. The molecule has 1 aromatic heterocycles. The van der Waals surface area contributed by atoms with E-state index < -0.39 is 0 Å². The van der Waals surface area contributed by atoms with E-state index in [1.807, 2.05) is 11.8 Å². The van der Waals surface area contributed by atoms with Crippen LogP contribution in [0.5, 0.6) is 0 Å². The molecule has 2 aliphatic heterocycles. The lowest BCUT2D eigenvalue weighted by Crippen LogP contribution is -2.62. The van der Waals surface area contributed by atoms with E-state index in [1.54, 1.807) is 12.1 Å². The van der Waals surface area contributed by atoms with Crippen LogP contribution in [0.4, 0.5) is 4.39 Å². The Hall–Kier alpha value is -2.28. The number of hydrogen-bond donors (Lipinski definition) is 0. The van der Waals surface area contributed by atoms with E-state index in [-0.39, 0.29) is 18.1 Å². The van der Waals surface area contributed by atoms with Crippen molar-refractivity contribution in [2.45, 2.75) is 32.5 Å². The van der Waals surface area contributed by atoms with Gasteiger partial charge in [-0.05, 0) is 24.6 Å². The Kier molecular flexibility index (Phi) is 3.80. The van der Waals surface area contributed by atoms with Crippen LogP contribution < -0.4 is 0 Å². The standard InChI is InChI=1S/C17H20FN5O/c1-12-19-20-16-11-21(5-6-23(12)16)15-9-22(10-15)17(24)8-13-3-2-4-14(18)7-13/h2-4,7,15H,5-6,8-11H2,1H3. The summed E-state index contributed by atoms with van der Waals surface area (Å²) in [6.45, 7) is 6.10. The Balaban J connectivity index is 1.31. The first-order valence-corrected chi connectivity index (χ1v) is 8.25. The molecule has 1 fully saturated rings. The number of likely N-dealkylation sites (tertiary alicyclic amines) is 1. The van der Waals surface area contributed by atoms with Crippen LogP contribution in [-0.4, -0.2) is 56.1 Å². The van der Waals surface area contributed by atoms with Gasteiger partial charge in [0.1, 0.15) is 17.5 Å². The highest BCUT2D eigenvalue weighted by molar-refractivity contribution is 5.79. The second-order valence-electron chi connectivity index (χ2n) is 6.54. The predicted molar refractivity (Wildman–Crippen MR) is 85.6 cm³/mol. The summed E-state index contributed by atoms with van der Waals surface area (Å²) >= 11 is 0. The molecule has 2 aromatic rings. The molecule has 0 N–H and O–H groups in total. The minimum Gasteiger partial charge on any atom is -0.339 e. The maximum atomic E-state index is 13.2. The SMILES string of the molecule is Cc1nnc2n1CCN(C1CN(C(=O)Cc3cccc(F)c3)C1)C2. The number of carbonyl (C=O) groups is 1. The number of hydrogen-bond acceptors (Lipinski definition) is 4. The number of carbonyl (C=O) groups excluding carboxylic acids is 1. The van der Waals surface area contributed by atoms with Gasteiger partial charge in [0.15, 0.2) is 0 Å². The van der Waals surface area contributed by atoms with Gasteiger partial charge in [-0.1, -0.05) is 12.1 Å². The Bertz CT molecular complexity index is 768. The maximum Gasteiger partial charge on any atom is 0.227 e. The minimum atomic E-state index is -0.297. The van der Waals surface area contributed by atoms with Gasteiger partial charge in [-0.25, -0.2) is 4.39 Å². The fourth-order valence-electron chi connectivity index (χ4n) is 3.46. The Morgan fingerprint density at radius 2 is 2.12 bits per heavy atom. The van der Waals surface area contributed by atoms with Crippen molar-refractivity contribution in [3.63, 3.8) is 0 Å². The first kappa shape index (κ1) is 15.3. The van der Waals surface area contributed by atoms with Gasteiger partial charge in [0, 0.05) is 32.2 Å². The second-order valence-corrected chi connectivity index (χ2v) is 6.54. The molecule has 0 unspecified atom stereocenters. The summed E-state index contributed by atoms with van der Waals surface area (Å²) in [4.78, 5) is 16.5. The molecule has 1 aromatic carbocycles. The number of amides is 1. The molecule has 3 heterocycles. The molecule has 0 bridgehead atoms. The van der Waals surface area contributed by atoms with Crippen molar-refractivity contribution in [1.82, 2.24) is 24.6 Å². The van der Waals surface area contributed by atoms with Crippen LogP contribution >= 0.6 is 0 Å². The van der Waals surface area contributed by atoms with E-state index in [0.29, 0.717) is 6.04 Å². The highest BCUT2D eigenvalue weighted by Gasteiger charge is 2.36. The number of aromatic nitrogens is 3. The van der Waals surface area contributed by atoms with E-state index in [0.717, 1.165) is 49.9 Å². The normalized spacial score (nSPS) is 18.3. The maximum absolute atomic E-state index is 13.2. The van der Waals surface area contributed by atoms with Gasteiger partial charge in [0.25, 0.3) is 0 Å². The molecular formula is C17H20FN5O. The first-order chi connectivity index (χ1) is 11.6. The van der Waals surface area contributed by atoms with Crippen LogP contribution in [0.2, 0.25) is 0 Å². The van der Waals surface area contributed by atoms with Crippen molar-refractivity contribution in [3.8, 4) is 0 Å². The molecule has 0 saturated carbocycles. The van der Waals surface area contributed by atoms with E-state index in [2.05, 4.69) is 19.7 Å². The zero-order valence-corrected chi connectivity index (χ0v) is 13.7. The quantitative estimate of drug-likeness (QED) is 0.843. The van der Waals surface area contributed by atoms with Crippen molar-refractivity contribution in [2.24, 2.45) is 0 Å². The summed E-state index contributed by atoms with van der Waals surface area (Å²) < 4.78 is 15.4. The summed E-state index contributed by atoms with van der Waals surface area (Å²) in [6, 6.07) is 6.63. The zero-order valence-electron chi connectivity index (χ0n) is 13.7. The van der Waals surface area contributed by atoms with Crippen LogP contribution in [0.1, 0.15) is 17.2 Å². The number of rotatable bonds is 3. The Morgan fingerprint density at radius 1 is 1.29 bits per heavy atom. The van der Waals surface area contributed by atoms with Gasteiger partial charge in [0.2, 0.25) is 5.91 Å². The van der Waals surface area contributed by atoms with Crippen LogP contribution in [-0.2, 0) is 24.3 Å². The van der Waals surface area contributed by atoms with Gasteiger partial charge in [-0.3, -0.25) is 9.69 Å². The molecule has 126 valence electrons. The van der Waals surface area contributed by atoms with Crippen molar-refractivity contribution in [3.05, 3.63) is 47.3 Å². The van der Waals surface area contributed by atoms with Gasteiger partial charge in [0.05, 0.1) is 13.0 Å². The second kappa shape index (κ2) is 5.98. The van der Waals surface area contributed by atoms with Gasteiger partial charge < -0.3 is 9.47 Å². The number of fused-ring (bicyclic) bond motifs is 1. The van der Waals surface area contributed by atoms with E-state index in [1.165, 1.54) is 12.1 Å². The summed E-state index contributed by atoms with van der Waals surface area (Å²) in [7, 11) is 0. The smallest absolute Gasteiger partial charge is 0.227 e. The minimum absolute atomic E-state index is 0.0628. The van der Waals surface area contributed by atoms with Gasteiger partial charge >= 0.3 is 0 Å². The molecule has 0 spiro atoms. The molecule has 1 amide bonds. The van der Waals surface area contributed by atoms with E-state index in [4.69, 9.17) is 0 Å². The van der Waals surface area contributed by atoms with Gasteiger partial charge in [-0.2, -0.15) is 0 Å². The van der Waals surface area contributed by atoms with Gasteiger partial charge in [-0.15, -0.1) is 10.2 Å². The van der Waals surface area contributed by atoms with Crippen molar-refractivity contribution >= 4 is 5.91 Å². The summed E-state index contributed by atoms with van der Waals surface area (Å²) in [5.74, 6) is 1.73. The number of halogens is 1. The molecular weight excluding hydrogens is 309 g/mol. The van der Waals surface area contributed by atoms with E-state index >= 15 is 0 Å². The molecule has 24 heavy (non-hydrogen) atoms. The molecule has 4 rings (SSSR count). The molecule has 2 aliphatic rings. The molecule has 0 atom stereocenters. The largest absolute Gasteiger partial charge is 0.339 e. The summed E-state index contributed by atoms with van der Waals surface area (Å²) in [6.07, 6.45) is 0.262. The zero-order chi connectivity index (χ0) is 16.7. The highest BCUT2D eigenvalue weighted by atomic mass is 19.1. The fourth-order valence-corrected chi connectivity index (χ4v) is 3.46. The molecule has 0 aliphatic carbocycles. The third kappa shape index (κ3) is 2.80. The fraction of sp³-hybridized carbons (Fsp3) is 0.471. The van der Waals surface area contributed by atoms with Crippen LogP contribution in [0, 0.1) is 12.7 Å². The van der Waals surface area contributed by atoms with Crippen LogP contribution in [0.25, 0.3) is 0 Å². The van der Waals surface area contributed by atoms with Crippen LogP contribution in [0.3, 0.4) is 0 Å². The average Bonchev–Trinajstić information content (AvgIpc) is 2.87. The predicted octanol–water partition coefficient (Wildman–Crippen LogP) is 0.995. The third-order valence-electron chi connectivity index (χ3n) is 4.94. The average molecular weight is 329 g/mol. The highest BCUT2D eigenvalue weighted by Crippen LogP contribution is 2.21. The molecule has 1 saturated heterocycles. The topological polar surface area (TPSA) is 54.3 Å². The molecule has 7 heteroatoms. The monoisotopic (exact) mass is 329 g/mol. The first-order valence-electron chi connectivity index (χ1n) is 8.25. The number of nitrogens with zero attached hydrogens (tertiary/aromatic N) is 5. The Morgan fingerprint density at radius 3 is 2.92 bits per heavy atom. The number of aryl methyl sites for hydroxylation is 1. The summed E-state index contributed by atoms with van der Waals surface area (Å²) in [5, 5.41) is 8.34. The third-order valence-corrected chi connectivity index (χ3v) is 4.94. The lowest BCUT2D eigenvalue weighted by molar-refractivity contribution is -0.138.